The molecule has 0 saturated heterocycles. The molecule has 1 aromatic carbocycles. The molecule has 0 radical (unpaired) electrons. The zero-order valence-electron chi connectivity index (χ0n) is 12.3. The van der Waals surface area contributed by atoms with E-state index in [4.69, 9.17) is 4.74 Å². The predicted octanol–water partition coefficient (Wildman–Crippen LogP) is 4.04. The van der Waals surface area contributed by atoms with Gasteiger partial charge in [-0.1, -0.05) is 13.0 Å². The number of thiazole rings is 1. The molecule has 1 atom stereocenters. The summed E-state index contributed by atoms with van der Waals surface area (Å²) >= 11 is 1.70. The number of aryl methyl sites for hydroxylation is 2. The Bertz CT molecular complexity index is 609. The maximum absolute atomic E-state index is 10.1. The van der Waals surface area contributed by atoms with Crippen LogP contribution in [-0.2, 0) is 19.4 Å². The molecule has 1 N–H and O–H groups in total. The van der Waals surface area contributed by atoms with Gasteiger partial charge >= 0.3 is 0 Å². The standard InChI is InChI=1S/C17H21NO2S/c1-2-4-17-18-13(11-21-17)10-20-14-8-7-12-5-3-6-16(19)15(12)9-14/h7-9,11,16,19H,2-6,10H2,1H3/t16-/m1/s1. The van der Waals surface area contributed by atoms with E-state index in [2.05, 4.69) is 23.4 Å². The van der Waals surface area contributed by atoms with Gasteiger partial charge in [0.15, 0.2) is 0 Å². The van der Waals surface area contributed by atoms with Crippen LogP contribution in [0.15, 0.2) is 23.6 Å². The van der Waals surface area contributed by atoms with Crippen molar-refractivity contribution in [1.82, 2.24) is 4.98 Å². The highest BCUT2D eigenvalue weighted by Gasteiger charge is 2.18. The second kappa shape index (κ2) is 6.58. The van der Waals surface area contributed by atoms with E-state index >= 15 is 0 Å². The SMILES string of the molecule is CCCc1nc(COc2ccc3c(c2)[C@H](O)CCC3)cs1. The quantitative estimate of drug-likeness (QED) is 0.906. The van der Waals surface area contributed by atoms with E-state index < -0.39 is 0 Å². The van der Waals surface area contributed by atoms with Crippen LogP contribution in [0.25, 0.3) is 0 Å². The number of hydrogen-bond donors (Lipinski definition) is 1. The van der Waals surface area contributed by atoms with E-state index in [9.17, 15) is 5.11 Å². The Labute approximate surface area is 129 Å². The third kappa shape index (κ3) is 3.44. The highest BCUT2D eigenvalue weighted by molar-refractivity contribution is 7.09. The van der Waals surface area contributed by atoms with Crippen LogP contribution < -0.4 is 4.74 Å². The van der Waals surface area contributed by atoms with Gasteiger partial charge in [0.2, 0.25) is 0 Å². The number of hydrogen-bond acceptors (Lipinski definition) is 4. The van der Waals surface area contributed by atoms with Crippen LogP contribution >= 0.6 is 11.3 Å². The second-order valence-corrected chi connectivity index (χ2v) is 6.48. The molecule has 3 rings (SSSR count). The first-order valence-electron chi connectivity index (χ1n) is 7.63. The molecule has 112 valence electrons. The molecule has 0 unspecified atom stereocenters. The number of aliphatic hydroxyl groups excluding tert-OH is 1. The van der Waals surface area contributed by atoms with Gasteiger partial charge in [-0.25, -0.2) is 4.98 Å². The molecule has 0 spiro atoms. The zero-order valence-corrected chi connectivity index (χ0v) is 13.2. The van der Waals surface area contributed by atoms with Crippen molar-refractivity contribution in [3.63, 3.8) is 0 Å². The number of benzene rings is 1. The highest BCUT2D eigenvalue weighted by Crippen LogP contribution is 2.32. The molecule has 21 heavy (non-hydrogen) atoms. The van der Waals surface area contributed by atoms with Crippen LogP contribution in [0, 0.1) is 0 Å². The molecule has 2 aromatic rings. The summed E-state index contributed by atoms with van der Waals surface area (Å²) < 4.78 is 5.83. The summed E-state index contributed by atoms with van der Waals surface area (Å²) in [5.74, 6) is 0.819. The lowest BCUT2D eigenvalue weighted by molar-refractivity contribution is 0.156. The van der Waals surface area contributed by atoms with Crippen LogP contribution in [0.4, 0.5) is 0 Å². The molecule has 0 fully saturated rings. The number of aromatic nitrogens is 1. The van der Waals surface area contributed by atoms with Gasteiger partial charge in [-0.15, -0.1) is 11.3 Å². The van der Waals surface area contributed by atoms with Gasteiger partial charge in [0.05, 0.1) is 16.8 Å². The number of nitrogens with zero attached hydrogens (tertiary/aromatic N) is 1. The fourth-order valence-electron chi connectivity index (χ4n) is 2.74. The summed E-state index contributed by atoms with van der Waals surface area (Å²) in [6.45, 7) is 2.66. The normalized spacial score (nSPS) is 17.5. The van der Waals surface area contributed by atoms with E-state index in [0.29, 0.717) is 6.61 Å². The Morgan fingerprint density at radius 3 is 3.19 bits per heavy atom. The molecule has 0 saturated carbocycles. The zero-order chi connectivity index (χ0) is 14.7. The van der Waals surface area contributed by atoms with Crippen LogP contribution in [-0.4, -0.2) is 10.1 Å². The first-order chi connectivity index (χ1) is 10.3. The van der Waals surface area contributed by atoms with Crippen molar-refractivity contribution in [2.75, 3.05) is 0 Å². The molecule has 1 heterocycles. The number of fused-ring (bicyclic) bond motifs is 1. The van der Waals surface area contributed by atoms with Crippen molar-refractivity contribution in [3.05, 3.63) is 45.4 Å². The fourth-order valence-corrected chi connectivity index (χ4v) is 3.63. The van der Waals surface area contributed by atoms with Crippen molar-refractivity contribution in [2.24, 2.45) is 0 Å². The summed E-state index contributed by atoms with van der Waals surface area (Å²) in [5.41, 5.74) is 3.27. The van der Waals surface area contributed by atoms with Crippen molar-refractivity contribution >= 4 is 11.3 Å². The topological polar surface area (TPSA) is 42.4 Å². The number of ether oxygens (including phenoxy) is 1. The molecule has 0 aliphatic heterocycles. The van der Waals surface area contributed by atoms with Crippen LogP contribution in [0.1, 0.15) is 54.1 Å². The fraction of sp³-hybridized carbons (Fsp3) is 0.471. The highest BCUT2D eigenvalue weighted by atomic mass is 32.1. The van der Waals surface area contributed by atoms with Crippen molar-refractivity contribution in [3.8, 4) is 5.75 Å². The smallest absolute Gasteiger partial charge is 0.131 e. The lowest BCUT2D eigenvalue weighted by Gasteiger charge is -2.21. The lowest BCUT2D eigenvalue weighted by atomic mass is 9.89. The van der Waals surface area contributed by atoms with E-state index in [0.717, 1.165) is 49.1 Å². The van der Waals surface area contributed by atoms with Crippen LogP contribution in [0.3, 0.4) is 0 Å². The van der Waals surface area contributed by atoms with Gasteiger partial charge in [-0.2, -0.15) is 0 Å². The molecular weight excluding hydrogens is 282 g/mol. The molecule has 1 aromatic heterocycles. The number of aliphatic hydroxyl groups is 1. The van der Waals surface area contributed by atoms with Crippen LogP contribution in [0.5, 0.6) is 5.75 Å². The molecular formula is C17H21NO2S. The second-order valence-electron chi connectivity index (χ2n) is 5.54. The maximum Gasteiger partial charge on any atom is 0.131 e. The van der Waals surface area contributed by atoms with Gasteiger partial charge in [-0.3, -0.25) is 0 Å². The summed E-state index contributed by atoms with van der Waals surface area (Å²) in [7, 11) is 0. The van der Waals surface area contributed by atoms with E-state index in [1.54, 1.807) is 11.3 Å². The minimum atomic E-state index is -0.340. The van der Waals surface area contributed by atoms with Gasteiger partial charge in [0, 0.05) is 5.38 Å². The minimum absolute atomic E-state index is 0.340. The largest absolute Gasteiger partial charge is 0.487 e. The molecule has 0 amide bonds. The first-order valence-corrected chi connectivity index (χ1v) is 8.51. The predicted molar refractivity (Wildman–Crippen MR) is 84.8 cm³/mol. The third-order valence-electron chi connectivity index (χ3n) is 3.85. The van der Waals surface area contributed by atoms with Gasteiger partial charge in [0.1, 0.15) is 12.4 Å². The van der Waals surface area contributed by atoms with Crippen molar-refractivity contribution in [2.45, 2.75) is 51.7 Å². The lowest BCUT2D eigenvalue weighted by Crippen LogP contribution is -2.09. The maximum atomic E-state index is 10.1. The molecule has 1 aliphatic rings. The Hall–Kier alpha value is -1.39. The Kier molecular flexibility index (Phi) is 4.56. The third-order valence-corrected chi connectivity index (χ3v) is 4.81. The minimum Gasteiger partial charge on any atom is -0.487 e. The summed E-state index contributed by atoms with van der Waals surface area (Å²) in [5, 5.41) is 13.3. The monoisotopic (exact) mass is 303 g/mol. The van der Waals surface area contributed by atoms with Crippen LogP contribution in [0.2, 0.25) is 0 Å². The summed E-state index contributed by atoms with van der Waals surface area (Å²) in [6, 6.07) is 6.06. The Balaban J connectivity index is 1.66. The van der Waals surface area contributed by atoms with Crippen molar-refractivity contribution in [1.29, 1.82) is 0 Å². The average Bonchev–Trinajstić information content (AvgIpc) is 2.94. The van der Waals surface area contributed by atoms with Crippen molar-refractivity contribution < 1.29 is 9.84 Å². The average molecular weight is 303 g/mol. The van der Waals surface area contributed by atoms with Gasteiger partial charge < -0.3 is 9.84 Å². The van der Waals surface area contributed by atoms with Gasteiger partial charge in [-0.05, 0) is 55.4 Å². The Morgan fingerprint density at radius 1 is 1.43 bits per heavy atom. The Morgan fingerprint density at radius 2 is 2.33 bits per heavy atom. The van der Waals surface area contributed by atoms with E-state index in [1.165, 1.54) is 10.6 Å². The van der Waals surface area contributed by atoms with Gasteiger partial charge in [0.25, 0.3) is 0 Å². The summed E-state index contributed by atoms with van der Waals surface area (Å²) in [6.07, 6.45) is 4.79. The van der Waals surface area contributed by atoms with E-state index in [1.807, 2.05) is 12.1 Å². The van der Waals surface area contributed by atoms with E-state index in [-0.39, 0.29) is 6.10 Å². The molecule has 0 bridgehead atoms. The molecule has 3 nitrogen and oxygen atoms in total. The molecule has 1 aliphatic carbocycles. The molecule has 4 heteroatoms. The first kappa shape index (κ1) is 14.5. The summed E-state index contributed by atoms with van der Waals surface area (Å²) in [4.78, 5) is 4.56. The number of rotatable bonds is 5.